The lowest BCUT2D eigenvalue weighted by molar-refractivity contribution is -0.140. The molecule has 0 aliphatic carbocycles. The van der Waals surface area contributed by atoms with Gasteiger partial charge in [0.05, 0.1) is 47.4 Å². The lowest BCUT2D eigenvalue weighted by Gasteiger charge is -2.33. The molecular formula is C37H40F4N8O3. The van der Waals surface area contributed by atoms with Gasteiger partial charge in [-0.05, 0) is 38.3 Å². The van der Waals surface area contributed by atoms with Crippen molar-refractivity contribution in [3.63, 3.8) is 0 Å². The monoisotopic (exact) mass is 720 g/mol. The fourth-order valence-corrected chi connectivity index (χ4v) is 7.91. The number of fused-ring (bicyclic) bond motifs is 3. The molecule has 1 amide bonds. The molecule has 0 bridgehead atoms. The number of alkyl halides is 3. The van der Waals surface area contributed by atoms with Crippen molar-refractivity contribution in [1.82, 2.24) is 29.5 Å². The van der Waals surface area contributed by atoms with Crippen molar-refractivity contribution in [2.45, 2.75) is 70.1 Å². The van der Waals surface area contributed by atoms with Crippen LogP contribution in [0.4, 0.5) is 29.1 Å². The first-order chi connectivity index (χ1) is 24.7. The van der Waals surface area contributed by atoms with E-state index in [1.54, 1.807) is 24.8 Å². The van der Waals surface area contributed by atoms with Gasteiger partial charge in [0, 0.05) is 63.4 Å². The molecule has 3 aromatic rings. The molecule has 0 saturated carbocycles. The summed E-state index contributed by atoms with van der Waals surface area (Å²) in [6.45, 7) is 12.7. The van der Waals surface area contributed by atoms with E-state index in [2.05, 4.69) is 35.0 Å². The van der Waals surface area contributed by atoms with E-state index in [0.717, 1.165) is 48.8 Å². The van der Waals surface area contributed by atoms with Gasteiger partial charge in [0.2, 0.25) is 0 Å². The SMILES string of the molecule is C=C1CN2CC(=C)CC2(COc2nc3c(c(N4CCCn5nc(C(=O)N(C)C)cc5C4)n2)COC(c2c(F)c(N)cc(C#CC)c2C(F)(F)F)C3)C1. The number of ether oxygens (including phenoxy) is 2. The number of hydrogen-bond donors (Lipinski definition) is 1. The van der Waals surface area contributed by atoms with E-state index in [1.807, 2.05) is 4.90 Å². The zero-order valence-corrected chi connectivity index (χ0v) is 29.4. The number of amides is 1. The third-order valence-corrected chi connectivity index (χ3v) is 10.1. The molecule has 15 heteroatoms. The standard InChI is InChI=1S/C37H40F4N8O3/c1-6-8-23-11-26(42)32(38)30(31(23)37(39,40)41)29-13-27-25(19-51-29)33(47-9-7-10-49-24(18-47)12-28(45-49)34(50)46(4)5)44-35(43-27)52-20-36-14-21(2)16-48(36)17-22(3)15-36/h11-12,29H,2-3,7,9-10,13-20,42H2,1,4-5H3. The summed E-state index contributed by atoms with van der Waals surface area (Å²) in [6.07, 6.45) is -4.42. The van der Waals surface area contributed by atoms with Crippen molar-refractivity contribution in [2.24, 2.45) is 0 Å². The van der Waals surface area contributed by atoms with Crippen molar-refractivity contribution < 1.29 is 31.8 Å². The van der Waals surface area contributed by atoms with E-state index in [-0.39, 0.29) is 37.1 Å². The predicted octanol–water partition coefficient (Wildman–Crippen LogP) is 5.05. The number of rotatable bonds is 6. The van der Waals surface area contributed by atoms with Gasteiger partial charge in [0.1, 0.15) is 12.4 Å². The van der Waals surface area contributed by atoms with Crippen molar-refractivity contribution in [3.8, 4) is 17.9 Å². The van der Waals surface area contributed by atoms with Gasteiger partial charge in [-0.3, -0.25) is 14.4 Å². The molecule has 6 heterocycles. The quantitative estimate of drug-likeness (QED) is 0.162. The number of nitrogens with zero attached hydrogens (tertiary/aromatic N) is 7. The molecule has 1 atom stereocenters. The number of aryl methyl sites for hydroxylation is 1. The van der Waals surface area contributed by atoms with Gasteiger partial charge < -0.3 is 25.0 Å². The molecule has 11 nitrogen and oxygen atoms in total. The number of aromatic nitrogens is 4. The number of hydrogen-bond acceptors (Lipinski definition) is 9. The second-order valence-electron chi connectivity index (χ2n) is 14.2. The van der Waals surface area contributed by atoms with Crippen LogP contribution in [0.2, 0.25) is 0 Å². The number of carbonyl (C=O) groups excluding carboxylic acids is 1. The number of nitrogens with two attached hydrogens (primary N) is 1. The Hall–Kier alpha value is -4.94. The second kappa shape index (κ2) is 13.2. The normalized spacial score (nSPS) is 19.8. The molecule has 52 heavy (non-hydrogen) atoms. The van der Waals surface area contributed by atoms with E-state index in [0.29, 0.717) is 48.8 Å². The third-order valence-electron chi connectivity index (χ3n) is 10.1. The van der Waals surface area contributed by atoms with Crippen molar-refractivity contribution in [3.05, 3.63) is 81.6 Å². The summed E-state index contributed by atoms with van der Waals surface area (Å²) in [5.41, 5.74) is 6.93. The molecule has 7 rings (SSSR count). The minimum atomic E-state index is -4.94. The molecule has 1 aromatic carbocycles. The summed E-state index contributed by atoms with van der Waals surface area (Å²) in [4.78, 5) is 28.1. The number of carbonyl (C=O) groups is 1. The van der Waals surface area contributed by atoms with E-state index >= 15 is 4.39 Å². The maximum Gasteiger partial charge on any atom is 0.418 e. The first kappa shape index (κ1) is 35.5. The molecule has 2 aromatic heterocycles. The number of nitrogen functional groups attached to an aromatic ring is 1. The summed E-state index contributed by atoms with van der Waals surface area (Å²) in [6, 6.07) is 2.70. The van der Waals surface area contributed by atoms with E-state index in [9.17, 15) is 18.0 Å². The molecule has 2 N–H and O–H groups in total. The van der Waals surface area contributed by atoms with Crippen LogP contribution < -0.4 is 15.4 Å². The molecule has 0 spiro atoms. The Kier molecular flexibility index (Phi) is 9.03. The largest absolute Gasteiger partial charge is 0.461 e. The van der Waals surface area contributed by atoms with Crippen LogP contribution in [0.25, 0.3) is 0 Å². The molecule has 0 radical (unpaired) electrons. The van der Waals surface area contributed by atoms with Gasteiger partial charge in [-0.1, -0.05) is 30.2 Å². The smallest absolute Gasteiger partial charge is 0.418 e. The van der Waals surface area contributed by atoms with Crippen molar-refractivity contribution in [1.29, 1.82) is 0 Å². The Bertz CT molecular complexity index is 2030. The Morgan fingerprint density at radius 2 is 1.88 bits per heavy atom. The van der Waals surface area contributed by atoms with Crippen molar-refractivity contribution >= 4 is 17.4 Å². The van der Waals surface area contributed by atoms with Gasteiger partial charge in [-0.15, -0.1) is 5.92 Å². The van der Waals surface area contributed by atoms with Crippen LogP contribution in [0.5, 0.6) is 6.01 Å². The van der Waals surface area contributed by atoms with E-state index in [1.165, 1.54) is 11.8 Å². The number of benzene rings is 1. The van der Waals surface area contributed by atoms with Crippen LogP contribution in [0.15, 0.2) is 36.4 Å². The first-order valence-corrected chi connectivity index (χ1v) is 17.0. The average Bonchev–Trinajstić information content (AvgIpc) is 3.66. The minimum Gasteiger partial charge on any atom is -0.461 e. The summed E-state index contributed by atoms with van der Waals surface area (Å²) in [5.74, 6) is 3.96. The molecule has 4 aliphatic heterocycles. The highest BCUT2D eigenvalue weighted by Crippen LogP contribution is 2.46. The Morgan fingerprint density at radius 1 is 1.15 bits per heavy atom. The van der Waals surface area contributed by atoms with Crippen LogP contribution in [0, 0.1) is 17.7 Å². The van der Waals surface area contributed by atoms with E-state index in [4.69, 9.17) is 25.2 Å². The average molecular weight is 721 g/mol. The summed E-state index contributed by atoms with van der Waals surface area (Å²) in [7, 11) is 3.32. The third kappa shape index (κ3) is 6.38. The zero-order valence-electron chi connectivity index (χ0n) is 29.4. The summed E-state index contributed by atoms with van der Waals surface area (Å²) < 4.78 is 73.8. The number of anilines is 2. The van der Waals surface area contributed by atoms with Gasteiger partial charge >= 0.3 is 12.2 Å². The Labute approximate surface area is 299 Å². The zero-order chi connectivity index (χ0) is 37.1. The highest BCUT2D eigenvalue weighted by molar-refractivity contribution is 5.92. The molecule has 274 valence electrons. The van der Waals surface area contributed by atoms with Crippen LogP contribution in [-0.2, 0) is 37.0 Å². The molecular weight excluding hydrogens is 680 g/mol. The predicted molar refractivity (Wildman–Crippen MR) is 185 cm³/mol. The first-order valence-electron chi connectivity index (χ1n) is 17.0. The fourth-order valence-electron chi connectivity index (χ4n) is 7.91. The maximum absolute atomic E-state index is 15.7. The van der Waals surface area contributed by atoms with Crippen molar-refractivity contribution in [2.75, 3.05) is 51.0 Å². The van der Waals surface area contributed by atoms with Gasteiger partial charge in [-0.2, -0.15) is 28.2 Å². The lowest BCUT2D eigenvalue weighted by Crippen LogP contribution is -2.43. The van der Waals surface area contributed by atoms with E-state index < -0.39 is 40.5 Å². The van der Waals surface area contributed by atoms with Crippen LogP contribution in [-0.4, -0.2) is 81.3 Å². The fraction of sp³-hybridized carbons (Fsp3) is 0.459. The lowest BCUT2D eigenvalue weighted by atomic mass is 9.90. The summed E-state index contributed by atoms with van der Waals surface area (Å²) in [5, 5.41) is 4.54. The van der Waals surface area contributed by atoms with Crippen LogP contribution in [0.3, 0.4) is 0 Å². The molecule has 1 unspecified atom stereocenters. The molecule has 2 fully saturated rings. The van der Waals surface area contributed by atoms with Crippen LogP contribution in [0.1, 0.15) is 76.4 Å². The topological polar surface area (TPSA) is 115 Å². The molecule has 2 saturated heterocycles. The Balaban J connectivity index is 1.29. The maximum atomic E-state index is 15.7. The number of halogens is 4. The highest BCUT2D eigenvalue weighted by Gasteiger charge is 2.48. The minimum absolute atomic E-state index is 0.0432. The van der Waals surface area contributed by atoms with Crippen LogP contribution >= 0.6 is 0 Å². The second-order valence-corrected chi connectivity index (χ2v) is 14.2. The molecule has 4 aliphatic rings. The van der Waals surface area contributed by atoms with Gasteiger partial charge in [0.25, 0.3) is 5.91 Å². The summed E-state index contributed by atoms with van der Waals surface area (Å²) >= 11 is 0. The Morgan fingerprint density at radius 3 is 2.56 bits per heavy atom. The van der Waals surface area contributed by atoms with Gasteiger partial charge in [0.15, 0.2) is 11.5 Å². The van der Waals surface area contributed by atoms with Gasteiger partial charge in [-0.25, -0.2) is 4.39 Å². The highest BCUT2D eigenvalue weighted by atomic mass is 19.4.